The van der Waals surface area contributed by atoms with Gasteiger partial charge in [0, 0.05) is 22.9 Å². The minimum Gasteiger partial charge on any atom is -0.382 e. The minimum absolute atomic E-state index is 0.216. The van der Waals surface area contributed by atoms with Gasteiger partial charge in [-0.25, -0.2) is 4.39 Å². The van der Waals surface area contributed by atoms with E-state index >= 15 is 0 Å². The molecule has 1 aromatic carbocycles. The second kappa shape index (κ2) is 5.81. The summed E-state index contributed by atoms with van der Waals surface area (Å²) in [6, 6.07) is 3.19. The highest BCUT2D eigenvalue weighted by molar-refractivity contribution is 5.94. The quantitative estimate of drug-likeness (QED) is 0.889. The van der Waals surface area contributed by atoms with Crippen molar-refractivity contribution in [1.82, 2.24) is 0 Å². The smallest absolute Gasteiger partial charge is 0.248 e. The van der Waals surface area contributed by atoms with Gasteiger partial charge in [-0.3, -0.25) is 4.79 Å². The van der Waals surface area contributed by atoms with Crippen LogP contribution in [0.4, 0.5) is 10.1 Å². The molecule has 3 N–H and O–H groups in total. The third kappa shape index (κ3) is 3.11. The van der Waals surface area contributed by atoms with Gasteiger partial charge in [0.15, 0.2) is 0 Å². The number of nitrogens with two attached hydrogens (primary N) is 1. The van der Waals surface area contributed by atoms with E-state index in [2.05, 4.69) is 19.2 Å². The second-order valence-electron chi connectivity index (χ2n) is 6.10. The van der Waals surface area contributed by atoms with Crippen molar-refractivity contribution in [1.29, 1.82) is 0 Å². The number of amides is 1. The van der Waals surface area contributed by atoms with Crippen molar-refractivity contribution >= 4 is 11.6 Å². The van der Waals surface area contributed by atoms with Gasteiger partial charge in [-0.15, -0.1) is 0 Å². The van der Waals surface area contributed by atoms with Gasteiger partial charge in [0.05, 0.1) is 0 Å². The average molecular weight is 278 g/mol. The standard InChI is InChI=1S/C16H23FN2O/c1-9-4-5-13(6-10(9)2)19-15-8-12(16(18)20)7-14(17)11(15)3/h7-10,13,19H,4-6H2,1-3H3,(H2,18,20). The number of carbonyl (C=O) groups excluding carboxylic acids is 1. The van der Waals surface area contributed by atoms with Crippen LogP contribution in [0.3, 0.4) is 0 Å². The lowest BCUT2D eigenvalue weighted by atomic mass is 9.79. The molecule has 20 heavy (non-hydrogen) atoms. The number of rotatable bonds is 3. The van der Waals surface area contributed by atoms with Crippen LogP contribution in [0.15, 0.2) is 12.1 Å². The highest BCUT2D eigenvalue weighted by Gasteiger charge is 2.25. The molecule has 0 saturated heterocycles. The van der Waals surface area contributed by atoms with Gasteiger partial charge in [0.25, 0.3) is 0 Å². The molecule has 3 nitrogen and oxygen atoms in total. The van der Waals surface area contributed by atoms with Crippen molar-refractivity contribution in [2.24, 2.45) is 17.6 Å². The molecule has 0 aliphatic heterocycles. The number of hydrogen-bond acceptors (Lipinski definition) is 2. The van der Waals surface area contributed by atoms with Gasteiger partial charge in [-0.05, 0) is 50.2 Å². The Labute approximate surface area is 119 Å². The third-order valence-electron chi connectivity index (χ3n) is 4.59. The summed E-state index contributed by atoms with van der Waals surface area (Å²) in [5.41, 5.74) is 6.69. The van der Waals surface area contributed by atoms with E-state index in [9.17, 15) is 9.18 Å². The Morgan fingerprint density at radius 2 is 2.00 bits per heavy atom. The molecule has 1 aliphatic carbocycles. The first kappa shape index (κ1) is 14.8. The van der Waals surface area contributed by atoms with Crippen LogP contribution in [0.1, 0.15) is 49.0 Å². The van der Waals surface area contributed by atoms with Crippen LogP contribution in [0, 0.1) is 24.6 Å². The highest BCUT2D eigenvalue weighted by Crippen LogP contribution is 2.32. The molecule has 1 fully saturated rings. The molecular formula is C16H23FN2O. The van der Waals surface area contributed by atoms with E-state index in [1.54, 1.807) is 13.0 Å². The van der Waals surface area contributed by atoms with Gasteiger partial charge >= 0.3 is 0 Å². The lowest BCUT2D eigenvalue weighted by Gasteiger charge is -2.33. The summed E-state index contributed by atoms with van der Waals surface area (Å²) < 4.78 is 13.8. The van der Waals surface area contributed by atoms with Crippen LogP contribution in [0.25, 0.3) is 0 Å². The van der Waals surface area contributed by atoms with Gasteiger partial charge in [-0.2, -0.15) is 0 Å². The Bertz CT molecular complexity index is 515. The summed E-state index contributed by atoms with van der Waals surface area (Å²) in [6.45, 7) is 6.25. The zero-order valence-electron chi connectivity index (χ0n) is 12.4. The van der Waals surface area contributed by atoms with Crippen LogP contribution in [-0.2, 0) is 0 Å². The van der Waals surface area contributed by atoms with Crippen LogP contribution in [-0.4, -0.2) is 11.9 Å². The monoisotopic (exact) mass is 278 g/mol. The van der Waals surface area contributed by atoms with E-state index in [4.69, 9.17) is 5.73 Å². The SMILES string of the molecule is Cc1c(F)cc(C(N)=O)cc1NC1CCC(C)C(C)C1. The van der Waals surface area contributed by atoms with E-state index in [1.807, 2.05) is 0 Å². The molecule has 0 radical (unpaired) electrons. The molecule has 0 heterocycles. The third-order valence-corrected chi connectivity index (χ3v) is 4.59. The Kier molecular flexibility index (Phi) is 4.31. The molecule has 1 aromatic rings. The summed E-state index contributed by atoms with van der Waals surface area (Å²) in [6.07, 6.45) is 3.33. The van der Waals surface area contributed by atoms with Gasteiger partial charge in [0.2, 0.25) is 5.91 Å². The molecule has 1 saturated carbocycles. The molecule has 110 valence electrons. The molecule has 4 heteroatoms. The number of halogens is 1. The summed E-state index contributed by atoms with van der Waals surface area (Å²) >= 11 is 0. The average Bonchev–Trinajstić information content (AvgIpc) is 2.38. The van der Waals surface area contributed by atoms with Crippen molar-refractivity contribution in [2.75, 3.05) is 5.32 Å². The number of benzene rings is 1. The van der Waals surface area contributed by atoms with Gasteiger partial charge in [-0.1, -0.05) is 13.8 Å². The number of hydrogen-bond donors (Lipinski definition) is 2. The summed E-state index contributed by atoms with van der Waals surface area (Å²) in [7, 11) is 0. The Morgan fingerprint density at radius 3 is 2.60 bits per heavy atom. The Hall–Kier alpha value is -1.58. The van der Waals surface area contributed by atoms with Crippen LogP contribution >= 0.6 is 0 Å². The number of primary amides is 1. The van der Waals surface area contributed by atoms with E-state index in [1.165, 1.54) is 12.5 Å². The first-order chi connectivity index (χ1) is 9.38. The van der Waals surface area contributed by atoms with Crippen molar-refractivity contribution in [3.8, 4) is 0 Å². The molecule has 3 atom stereocenters. The molecule has 0 aromatic heterocycles. The predicted molar refractivity (Wildman–Crippen MR) is 79.2 cm³/mol. The first-order valence-corrected chi connectivity index (χ1v) is 7.25. The Balaban J connectivity index is 2.18. The van der Waals surface area contributed by atoms with Crippen molar-refractivity contribution in [3.63, 3.8) is 0 Å². The lowest BCUT2D eigenvalue weighted by molar-refractivity contribution is 0.1000. The number of nitrogens with one attached hydrogen (secondary N) is 1. The molecular weight excluding hydrogens is 255 g/mol. The van der Waals surface area contributed by atoms with Crippen molar-refractivity contribution in [2.45, 2.75) is 46.1 Å². The van der Waals surface area contributed by atoms with Crippen LogP contribution in [0.5, 0.6) is 0 Å². The van der Waals surface area contributed by atoms with E-state index < -0.39 is 5.91 Å². The molecule has 0 bridgehead atoms. The molecule has 3 unspecified atom stereocenters. The highest BCUT2D eigenvalue weighted by atomic mass is 19.1. The number of anilines is 1. The summed E-state index contributed by atoms with van der Waals surface area (Å²) in [5, 5.41) is 3.39. The Morgan fingerprint density at radius 1 is 1.30 bits per heavy atom. The predicted octanol–water partition coefficient (Wildman–Crippen LogP) is 3.47. The van der Waals surface area contributed by atoms with Crippen LogP contribution in [0.2, 0.25) is 0 Å². The fourth-order valence-corrected chi connectivity index (χ4v) is 2.87. The zero-order chi connectivity index (χ0) is 14.9. The normalized spacial score (nSPS) is 26.3. The second-order valence-corrected chi connectivity index (χ2v) is 6.10. The fraction of sp³-hybridized carbons (Fsp3) is 0.562. The van der Waals surface area contributed by atoms with Gasteiger partial charge in [0.1, 0.15) is 5.82 Å². The molecule has 1 aliphatic rings. The maximum atomic E-state index is 13.8. The van der Waals surface area contributed by atoms with E-state index in [-0.39, 0.29) is 11.4 Å². The first-order valence-electron chi connectivity index (χ1n) is 7.25. The summed E-state index contributed by atoms with van der Waals surface area (Å²) in [5.74, 6) is 0.409. The van der Waals surface area contributed by atoms with Crippen molar-refractivity contribution < 1.29 is 9.18 Å². The minimum atomic E-state index is -0.599. The molecule has 0 spiro atoms. The van der Waals surface area contributed by atoms with E-state index in [0.717, 1.165) is 18.8 Å². The topological polar surface area (TPSA) is 55.1 Å². The maximum Gasteiger partial charge on any atom is 0.248 e. The summed E-state index contributed by atoms with van der Waals surface area (Å²) in [4.78, 5) is 11.2. The number of carbonyl (C=O) groups is 1. The zero-order valence-corrected chi connectivity index (χ0v) is 12.4. The lowest BCUT2D eigenvalue weighted by Crippen LogP contribution is -2.30. The largest absolute Gasteiger partial charge is 0.382 e. The maximum absolute atomic E-state index is 13.8. The molecule has 1 amide bonds. The van der Waals surface area contributed by atoms with Gasteiger partial charge < -0.3 is 11.1 Å². The van der Waals surface area contributed by atoms with Crippen molar-refractivity contribution in [3.05, 3.63) is 29.1 Å². The van der Waals surface area contributed by atoms with Crippen LogP contribution < -0.4 is 11.1 Å². The van der Waals surface area contributed by atoms with E-state index in [0.29, 0.717) is 23.2 Å². The fourth-order valence-electron chi connectivity index (χ4n) is 2.87. The molecule has 2 rings (SSSR count).